The largest absolute Gasteiger partial charge is 0.0877 e. The predicted molar refractivity (Wildman–Crippen MR) is 101 cm³/mol. The van der Waals surface area contributed by atoms with Crippen molar-refractivity contribution < 1.29 is 0 Å². The summed E-state index contributed by atoms with van der Waals surface area (Å²) < 4.78 is 0. The Morgan fingerprint density at radius 3 is 2.27 bits per heavy atom. The predicted octanol–water partition coefficient (Wildman–Crippen LogP) is 7.09. The SMILES string of the molecule is C/C=C/C=C(C)/C=C/C=C(C)/C=C/C1=C(C)CCCC1(C)C. The summed E-state index contributed by atoms with van der Waals surface area (Å²) in [5.41, 5.74) is 5.95. The minimum atomic E-state index is 0.320. The average Bonchev–Trinajstić information content (AvgIpc) is 2.43. The van der Waals surface area contributed by atoms with E-state index in [1.807, 2.05) is 13.0 Å². The lowest BCUT2D eigenvalue weighted by molar-refractivity contribution is 0.377. The maximum atomic E-state index is 2.36. The number of hydrogen-bond donors (Lipinski definition) is 0. The molecule has 0 N–H and O–H groups in total. The molecule has 0 nitrogen and oxygen atoms in total. The standard InChI is InChI=1S/C22H32/c1-7-8-11-18(2)12-9-13-19(3)15-16-21-20(4)14-10-17-22(21,5)6/h7-9,11-13,15-16H,10,14,17H2,1-6H3/b8-7+,12-9+,16-15+,18-11+,19-13+. The van der Waals surface area contributed by atoms with Crippen LogP contribution in [0.15, 0.2) is 70.9 Å². The second kappa shape index (κ2) is 8.78. The summed E-state index contributed by atoms with van der Waals surface area (Å²) in [5.74, 6) is 0. The average molecular weight is 296 g/mol. The van der Waals surface area contributed by atoms with Crippen LogP contribution in [0.5, 0.6) is 0 Å². The van der Waals surface area contributed by atoms with Crippen molar-refractivity contribution in [1.29, 1.82) is 0 Å². The molecule has 22 heavy (non-hydrogen) atoms. The van der Waals surface area contributed by atoms with Crippen molar-refractivity contribution in [2.45, 2.75) is 60.8 Å². The van der Waals surface area contributed by atoms with E-state index in [4.69, 9.17) is 0 Å². The van der Waals surface area contributed by atoms with E-state index in [0.717, 1.165) is 0 Å². The summed E-state index contributed by atoms with van der Waals surface area (Å²) in [6.45, 7) is 13.3. The molecule has 0 fully saturated rings. The van der Waals surface area contributed by atoms with E-state index in [2.05, 4.69) is 77.2 Å². The van der Waals surface area contributed by atoms with Crippen LogP contribution < -0.4 is 0 Å². The Balaban J connectivity index is 2.77. The van der Waals surface area contributed by atoms with Gasteiger partial charge in [0.05, 0.1) is 0 Å². The van der Waals surface area contributed by atoms with Gasteiger partial charge in [-0.25, -0.2) is 0 Å². The van der Waals surface area contributed by atoms with E-state index in [1.54, 1.807) is 5.57 Å². The third-order valence-corrected chi connectivity index (χ3v) is 4.33. The lowest BCUT2D eigenvalue weighted by Crippen LogP contribution is -2.19. The minimum absolute atomic E-state index is 0.320. The first-order chi connectivity index (χ1) is 10.4. The highest BCUT2D eigenvalue weighted by atomic mass is 14.3. The molecule has 0 bridgehead atoms. The van der Waals surface area contributed by atoms with Crippen LogP contribution in [-0.4, -0.2) is 0 Å². The quantitative estimate of drug-likeness (QED) is 0.475. The first-order valence-electron chi connectivity index (χ1n) is 8.39. The first-order valence-corrected chi connectivity index (χ1v) is 8.39. The van der Waals surface area contributed by atoms with Crippen LogP contribution in [0, 0.1) is 5.41 Å². The zero-order valence-corrected chi connectivity index (χ0v) is 15.2. The van der Waals surface area contributed by atoms with Crippen molar-refractivity contribution >= 4 is 0 Å². The second-order valence-electron chi connectivity index (χ2n) is 6.97. The Hall–Kier alpha value is -1.56. The third-order valence-electron chi connectivity index (χ3n) is 4.33. The molecule has 0 aromatic carbocycles. The molecule has 0 saturated carbocycles. The van der Waals surface area contributed by atoms with Gasteiger partial charge in [0.1, 0.15) is 0 Å². The number of hydrogen-bond acceptors (Lipinski definition) is 0. The van der Waals surface area contributed by atoms with Crippen LogP contribution >= 0.6 is 0 Å². The highest BCUT2D eigenvalue weighted by Crippen LogP contribution is 2.40. The van der Waals surface area contributed by atoms with Gasteiger partial charge < -0.3 is 0 Å². The van der Waals surface area contributed by atoms with Gasteiger partial charge in [-0.1, -0.05) is 79.2 Å². The van der Waals surface area contributed by atoms with Gasteiger partial charge in [0.2, 0.25) is 0 Å². The van der Waals surface area contributed by atoms with E-state index >= 15 is 0 Å². The zero-order valence-electron chi connectivity index (χ0n) is 15.2. The van der Waals surface area contributed by atoms with E-state index < -0.39 is 0 Å². The molecule has 120 valence electrons. The molecule has 0 spiro atoms. The molecular weight excluding hydrogens is 264 g/mol. The Morgan fingerprint density at radius 2 is 1.64 bits per heavy atom. The van der Waals surface area contributed by atoms with E-state index in [9.17, 15) is 0 Å². The monoisotopic (exact) mass is 296 g/mol. The van der Waals surface area contributed by atoms with Crippen LogP contribution in [0.4, 0.5) is 0 Å². The van der Waals surface area contributed by atoms with Crippen molar-refractivity contribution in [2.24, 2.45) is 5.41 Å². The highest BCUT2D eigenvalue weighted by molar-refractivity contribution is 5.37. The van der Waals surface area contributed by atoms with E-state index in [1.165, 1.54) is 36.0 Å². The lowest BCUT2D eigenvalue weighted by Gasteiger charge is -2.32. The molecule has 1 aliphatic rings. The maximum absolute atomic E-state index is 2.36. The van der Waals surface area contributed by atoms with Gasteiger partial charge in [0, 0.05) is 0 Å². The van der Waals surface area contributed by atoms with Gasteiger partial charge in [0.25, 0.3) is 0 Å². The fourth-order valence-electron chi connectivity index (χ4n) is 2.94. The molecule has 0 amide bonds. The van der Waals surface area contributed by atoms with Crippen molar-refractivity contribution in [1.82, 2.24) is 0 Å². The molecule has 0 atom stereocenters. The Bertz CT molecular complexity index is 543. The van der Waals surface area contributed by atoms with Gasteiger partial charge in [-0.3, -0.25) is 0 Å². The van der Waals surface area contributed by atoms with Crippen molar-refractivity contribution in [3.63, 3.8) is 0 Å². The summed E-state index contributed by atoms with van der Waals surface area (Å²) in [4.78, 5) is 0. The summed E-state index contributed by atoms with van der Waals surface area (Å²) in [6.07, 6.45) is 21.1. The molecule has 0 aromatic rings. The zero-order chi connectivity index (χ0) is 16.6. The second-order valence-corrected chi connectivity index (χ2v) is 6.97. The lowest BCUT2D eigenvalue weighted by atomic mass is 9.72. The smallest absolute Gasteiger partial charge is 0.0104 e. The molecule has 0 aliphatic heterocycles. The fourth-order valence-corrected chi connectivity index (χ4v) is 2.94. The highest BCUT2D eigenvalue weighted by Gasteiger charge is 2.26. The molecule has 0 aromatic heterocycles. The van der Waals surface area contributed by atoms with Gasteiger partial charge in [-0.05, 0) is 57.9 Å². The molecule has 0 radical (unpaired) electrons. The van der Waals surface area contributed by atoms with Gasteiger partial charge >= 0.3 is 0 Å². The summed E-state index contributed by atoms with van der Waals surface area (Å²) >= 11 is 0. The molecule has 1 rings (SSSR count). The van der Waals surface area contributed by atoms with Crippen LogP contribution in [0.25, 0.3) is 0 Å². The summed E-state index contributed by atoms with van der Waals surface area (Å²) in [6, 6.07) is 0. The Labute approximate surface area is 137 Å². The molecule has 1 aliphatic carbocycles. The topological polar surface area (TPSA) is 0 Å². The maximum Gasteiger partial charge on any atom is -0.0104 e. The number of rotatable bonds is 5. The third kappa shape index (κ3) is 6.05. The van der Waals surface area contributed by atoms with Gasteiger partial charge in [-0.2, -0.15) is 0 Å². The van der Waals surface area contributed by atoms with Crippen molar-refractivity contribution in [3.05, 3.63) is 70.9 Å². The van der Waals surface area contributed by atoms with Crippen LogP contribution in [0.2, 0.25) is 0 Å². The number of allylic oxidation sites excluding steroid dienone is 12. The molecule has 0 heterocycles. The molecule has 0 saturated heterocycles. The molecule has 0 unspecified atom stereocenters. The van der Waals surface area contributed by atoms with E-state index in [-0.39, 0.29) is 0 Å². The van der Waals surface area contributed by atoms with Crippen molar-refractivity contribution in [2.75, 3.05) is 0 Å². The minimum Gasteiger partial charge on any atom is -0.0877 e. The summed E-state index contributed by atoms with van der Waals surface area (Å²) in [7, 11) is 0. The first kappa shape index (κ1) is 18.5. The Morgan fingerprint density at radius 1 is 1.00 bits per heavy atom. The van der Waals surface area contributed by atoms with Gasteiger partial charge in [-0.15, -0.1) is 0 Å². The summed E-state index contributed by atoms with van der Waals surface area (Å²) in [5, 5.41) is 0. The normalized spacial score (nSPS) is 20.8. The molecular formula is C22H32. The van der Waals surface area contributed by atoms with Crippen LogP contribution in [0.3, 0.4) is 0 Å². The van der Waals surface area contributed by atoms with E-state index in [0.29, 0.717) is 5.41 Å². The Kier molecular flexibility index (Phi) is 7.38. The molecule has 0 heteroatoms. The van der Waals surface area contributed by atoms with Gasteiger partial charge in [0.15, 0.2) is 0 Å². The van der Waals surface area contributed by atoms with Crippen molar-refractivity contribution in [3.8, 4) is 0 Å². The fraction of sp³-hybridized carbons (Fsp3) is 0.455. The van der Waals surface area contributed by atoms with Crippen LogP contribution in [-0.2, 0) is 0 Å². The van der Waals surface area contributed by atoms with Crippen LogP contribution in [0.1, 0.15) is 60.8 Å².